The summed E-state index contributed by atoms with van der Waals surface area (Å²) in [4.78, 5) is 26.6. The van der Waals surface area contributed by atoms with Gasteiger partial charge in [-0.3, -0.25) is 9.59 Å². The van der Waals surface area contributed by atoms with Crippen molar-refractivity contribution >= 4 is 11.8 Å². The smallest absolute Gasteiger partial charge is 0.246 e. The molecule has 5 heteroatoms. The van der Waals surface area contributed by atoms with Gasteiger partial charge < -0.3 is 15.5 Å². The van der Waals surface area contributed by atoms with E-state index in [9.17, 15) is 9.59 Å². The normalized spacial score (nSPS) is 23.2. The Labute approximate surface area is 148 Å². The summed E-state index contributed by atoms with van der Waals surface area (Å²) < 4.78 is 0. The standard InChI is InChI=1S/C20H25N3O2/c24-19(23-12-15-3-1-2-4-16(15)13-23)8-7-17(11-14-5-6-14)22-20(25)18-9-10-21-18/h1-4,7-8,14,17-18,21H,5-6,9-13H2,(H,22,25)/b8-7+/t17-,18?/m1/s1. The predicted octanol–water partition coefficient (Wildman–Crippen LogP) is 1.73. The molecule has 1 aliphatic carbocycles. The lowest BCUT2D eigenvalue weighted by atomic mass is 10.0. The minimum Gasteiger partial charge on any atom is -0.349 e. The maximum Gasteiger partial charge on any atom is 0.246 e. The SMILES string of the molecule is O=C(N[C@H](/C=C/C(=O)N1Cc2ccccc2C1)CC1CC1)C1CCN1. The van der Waals surface area contributed by atoms with E-state index in [0.717, 1.165) is 19.4 Å². The highest BCUT2D eigenvalue weighted by atomic mass is 16.2. The van der Waals surface area contributed by atoms with Crippen LogP contribution in [0.2, 0.25) is 0 Å². The summed E-state index contributed by atoms with van der Waals surface area (Å²) in [5.41, 5.74) is 2.45. The first kappa shape index (κ1) is 16.3. The van der Waals surface area contributed by atoms with E-state index >= 15 is 0 Å². The third kappa shape index (κ3) is 3.93. The van der Waals surface area contributed by atoms with Crippen molar-refractivity contribution in [2.24, 2.45) is 5.92 Å². The molecule has 132 valence electrons. The van der Waals surface area contributed by atoms with Gasteiger partial charge in [-0.15, -0.1) is 0 Å². The Hall–Kier alpha value is -2.14. The molecule has 1 aromatic carbocycles. The molecule has 4 rings (SSSR count). The fourth-order valence-electron chi connectivity index (χ4n) is 3.49. The van der Waals surface area contributed by atoms with Crippen molar-refractivity contribution in [2.45, 2.75) is 50.9 Å². The average Bonchev–Trinajstić information content (AvgIpc) is 3.25. The van der Waals surface area contributed by atoms with Crippen LogP contribution in [-0.2, 0) is 22.7 Å². The first-order chi connectivity index (χ1) is 12.2. The van der Waals surface area contributed by atoms with Crippen LogP contribution in [0.15, 0.2) is 36.4 Å². The molecule has 0 aromatic heterocycles. The summed E-state index contributed by atoms with van der Waals surface area (Å²) >= 11 is 0. The summed E-state index contributed by atoms with van der Waals surface area (Å²) in [5.74, 6) is 0.769. The van der Waals surface area contributed by atoms with Crippen LogP contribution in [0.25, 0.3) is 0 Å². The largest absolute Gasteiger partial charge is 0.349 e. The maximum atomic E-state index is 12.5. The van der Waals surface area contributed by atoms with E-state index in [1.807, 2.05) is 23.1 Å². The zero-order valence-electron chi connectivity index (χ0n) is 14.4. The van der Waals surface area contributed by atoms with Gasteiger partial charge in [0.25, 0.3) is 0 Å². The van der Waals surface area contributed by atoms with Crippen LogP contribution in [0.4, 0.5) is 0 Å². The molecule has 5 nitrogen and oxygen atoms in total. The fraction of sp³-hybridized carbons (Fsp3) is 0.500. The molecule has 0 bridgehead atoms. The number of rotatable bonds is 6. The van der Waals surface area contributed by atoms with Crippen molar-refractivity contribution in [1.29, 1.82) is 0 Å². The Morgan fingerprint density at radius 1 is 1.20 bits per heavy atom. The fourth-order valence-corrected chi connectivity index (χ4v) is 3.49. The second-order valence-electron chi connectivity index (χ2n) is 7.41. The molecule has 2 N–H and O–H groups in total. The van der Waals surface area contributed by atoms with Crippen LogP contribution in [-0.4, -0.2) is 35.3 Å². The Kier molecular flexibility index (Phi) is 4.57. The van der Waals surface area contributed by atoms with Gasteiger partial charge in [0.2, 0.25) is 11.8 Å². The molecule has 25 heavy (non-hydrogen) atoms. The van der Waals surface area contributed by atoms with Crippen molar-refractivity contribution in [3.8, 4) is 0 Å². The number of benzene rings is 1. The third-order valence-corrected chi connectivity index (χ3v) is 5.38. The number of carbonyl (C=O) groups is 2. The minimum absolute atomic E-state index is 0.0213. The zero-order chi connectivity index (χ0) is 17.2. The third-order valence-electron chi connectivity index (χ3n) is 5.38. The van der Waals surface area contributed by atoms with E-state index in [-0.39, 0.29) is 23.9 Å². The number of carbonyl (C=O) groups excluding carboxylic acids is 2. The number of amides is 2. The lowest BCUT2D eigenvalue weighted by molar-refractivity contribution is -0.127. The molecule has 2 amide bonds. The Bertz CT molecular complexity index is 667. The van der Waals surface area contributed by atoms with Gasteiger partial charge in [-0.1, -0.05) is 43.2 Å². The number of hydrogen-bond donors (Lipinski definition) is 2. The molecule has 2 atom stereocenters. The van der Waals surface area contributed by atoms with Crippen LogP contribution >= 0.6 is 0 Å². The molecule has 0 spiro atoms. The van der Waals surface area contributed by atoms with E-state index in [0.29, 0.717) is 19.0 Å². The Balaban J connectivity index is 1.35. The summed E-state index contributed by atoms with van der Waals surface area (Å²) in [6.07, 6.45) is 7.83. The highest BCUT2D eigenvalue weighted by molar-refractivity contribution is 5.88. The second kappa shape index (κ2) is 7.00. The highest BCUT2D eigenvalue weighted by Gasteiger charge is 2.29. The minimum atomic E-state index is -0.0566. The monoisotopic (exact) mass is 339 g/mol. The average molecular weight is 339 g/mol. The van der Waals surface area contributed by atoms with Crippen LogP contribution in [0.3, 0.4) is 0 Å². The lowest BCUT2D eigenvalue weighted by Crippen LogP contribution is -2.54. The quantitative estimate of drug-likeness (QED) is 0.776. The first-order valence-corrected chi connectivity index (χ1v) is 9.26. The number of nitrogens with one attached hydrogen (secondary N) is 2. The van der Waals surface area contributed by atoms with Gasteiger partial charge in [-0.05, 0) is 36.4 Å². The van der Waals surface area contributed by atoms with Crippen LogP contribution in [0.5, 0.6) is 0 Å². The number of fused-ring (bicyclic) bond motifs is 1. The summed E-state index contributed by atoms with van der Waals surface area (Å²) in [6, 6.07) is 8.08. The summed E-state index contributed by atoms with van der Waals surface area (Å²) in [5, 5.41) is 6.22. The topological polar surface area (TPSA) is 61.4 Å². The molecule has 2 heterocycles. The highest BCUT2D eigenvalue weighted by Crippen LogP contribution is 2.33. The Morgan fingerprint density at radius 3 is 2.44 bits per heavy atom. The predicted molar refractivity (Wildman–Crippen MR) is 95.5 cm³/mol. The van der Waals surface area contributed by atoms with Crippen LogP contribution in [0, 0.1) is 5.92 Å². The van der Waals surface area contributed by atoms with E-state index < -0.39 is 0 Å². The first-order valence-electron chi connectivity index (χ1n) is 9.26. The molecule has 2 fully saturated rings. The van der Waals surface area contributed by atoms with Crippen molar-refractivity contribution in [1.82, 2.24) is 15.5 Å². The molecular formula is C20H25N3O2. The van der Waals surface area contributed by atoms with E-state index in [2.05, 4.69) is 22.8 Å². The van der Waals surface area contributed by atoms with Gasteiger partial charge >= 0.3 is 0 Å². The molecule has 3 aliphatic rings. The van der Waals surface area contributed by atoms with E-state index in [1.165, 1.54) is 24.0 Å². The lowest BCUT2D eigenvalue weighted by Gasteiger charge is -2.28. The molecule has 2 aliphatic heterocycles. The van der Waals surface area contributed by atoms with Gasteiger partial charge in [0.15, 0.2) is 0 Å². The molecule has 1 unspecified atom stereocenters. The molecular weight excluding hydrogens is 314 g/mol. The van der Waals surface area contributed by atoms with Crippen molar-refractivity contribution in [3.63, 3.8) is 0 Å². The van der Waals surface area contributed by atoms with E-state index in [4.69, 9.17) is 0 Å². The maximum absolute atomic E-state index is 12.5. The van der Waals surface area contributed by atoms with Gasteiger partial charge in [0, 0.05) is 25.2 Å². The van der Waals surface area contributed by atoms with Gasteiger partial charge in [0.05, 0.1) is 6.04 Å². The van der Waals surface area contributed by atoms with Crippen LogP contribution < -0.4 is 10.6 Å². The zero-order valence-corrected chi connectivity index (χ0v) is 14.4. The van der Waals surface area contributed by atoms with Gasteiger partial charge in [0.1, 0.15) is 0 Å². The second-order valence-corrected chi connectivity index (χ2v) is 7.41. The van der Waals surface area contributed by atoms with E-state index in [1.54, 1.807) is 6.08 Å². The van der Waals surface area contributed by atoms with Gasteiger partial charge in [-0.25, -0.2) is 0 Å². The van der Waals surface area contributed by atoms with Crippen LogP contribution in [0.1, 0.15) is 36.8 Å². The number of hydrogen-bond acceptors (Lipinski definition) is 3. The van der Waals surface area contributed by atoms with Crippen molar-refractivity contribution in [3.05, 3.63) is 47.5 Å². The summed E-state index contributed by atoms with van der Waals surface area (Å²) in [6.45, 7) is 2.26. The molecule has 1 saturated carbocycles. The summed E-state index contributed by atoms with van der Waals surface area (Å²) in [7, 11) is 0. The van der Waals surface area contributed by atoms with Crippen molar-refractivity contribution in [2.75, 3.05) is 6.54 Å². The molecule has 1 saturated heterocycles. The molecule has 0 radical (unpaired) electrons. The number of nitrogens with zero attached hydrogens (tertiary/aromatic N) is 1. The van der Waals surface area contributed by atoms with Crippen molar-refractivity contribution < 1.29 is 9.59 Å². The Morgan fingerprint density at radius 2 is 1.88 bits per heavy atom. The van der Waals surface area contributed by atoms with Gasteiger partial charge in [-0.2, -0.15) is 0 Å². The molecule has 1 aromatic rings.